The molecule has 1 fully saturated rings. The van der Waals surface area contributed by atoms with Crippen LogP contribution in [0.1, 0.15) is 16.7 Å². The van der Waals surface area contributed by atoms with Crippen molar-refractivity contribution in [3.8, 4) is 11.5 Å². The van der Waals surface area contributed by atoms with Crippen LogP contribution < -0.4 is 19.7 Å². The lowest BCUT2D eigenvalue weighted by molar-refractivity contribution is -0.384. The molecule has 3 aromatic rings. The van der Waals surface area contributed by atoms with Gasteiger partial charge >= 0.3 is 6.03 Å². The molecule has 0 aliphatic carbocycles. The number of barbiturate groups is 1. The first kappa shape index (κ1) is 27.1. The predicted octanol–water partition coefficient (Wildman–Crippen LogP) is 5.23. The monoisotopic (exact) mass is 547 g/mol. The number of carbonyl (C=O) groups is 3. The van der Waals surface area contributed by atoms with E-state index in [0.29, 0.717) is 39.0 Å². The molecular formula is C28H22ClN3O7. The van der Waals surface area contributed by atoms with E-state index in [1.165, 1.54) is 31.4 Å². The Morgan fingerprint density at radius 3 is 2.54 bits per heavy atom. The Hall–Kier alpha value is -4.96. The van der Waals surface area contributed by atoms with E-state index >= 15 is 0 Å². The lowest BCUT2D eigenvalue weighted by atomic mass is 10.0. The molecule has 39 heavy (non-hydrogen) atoms. The molecule has 11 heteroatoms. The summed E-state index contributed by atoms with van der Waals surface area (Å²) in [6.45, 7) is 3.95. The Bertz CT molecular complexity index is 1530. The van der Waals surface area contributed by atoms with Gasteiger partial charge in [-0.3, -0.25) is 25.0 Å². The highest BCUT2D eigenvalue weighted by molar-refractivity contribution is 6.39. The Balaban J connectivity index is 1.71. The zero-order valence-corrected chi connectivity index (χ0v) is 21.4. The molecular weight excluding hydrogens is 526 g/mol. The number of rotatable bonds is 9. The van der Waals surface area contributed by atoms with Gasteiger partial charge in [-0.05, 0) is 42.3 Å². The third-order valence-electron chi connectivity index (χ3n) is 5.78. The van der Waals surface area contributed by atoms with E-state index in [4.69, 9.17) is 21.1 Å². The second kappa shape index (κ2) is 11.6. The number of non-ortho nitro benzene ring substituents is 1. The van der Waals surface area contributed by atoms with E-state index in [9.17, 15) is 24.5 Å². The van der Waals surface area contributed by atoms with Crippen LogP contribution in [0.3, 0.4) is 0 Å². The number of allylic oxidation sites excluding steroid dienone is 1. The fraction of sp³-hybridized carbons (Fsp3) is 0.107. The summed E-state index contributed by atoms with van der Waals surface area (Å²) >= 11 is 6.25. The van der Waals surface area contributed by atoms with Gasteiger partial charge in [-0.15, -0.1) is 6.58 Å². The molecule has 1 saturated heterocycles. The van der Waals surface area contributed by atoms with Gasteiger partial charge < -0.3 is 9.47 Å². The molecule has 1 aliphatic rings. The highest BCUT2D eigenvalue weighted by Crippen LogP contribution is 2.36. The SMILES string of the molecule is C=CCc1cc(/C=C2\C(=O)NC(=O)N(c3cccc([N+](=O)[O-])c3)C2=O)cc(OC)c1OCc1ccccc1Cl. The van der Waals surface area contributed by atoms with Gasteiger partial charge in [0, 0.05) is 28.3 Å². The van der Waals surface area contributed by atoms with Crippen LogP contribution >= 0.6 is 11.6 Å². The number of benzene rings is 3. The molecule has 0 saturated carbocycles. The van der Waals surface area contributed by atoms with Gasteiger partial charge in [-0.25, -0.2) is 9.69 Å². The maximum atomic E-state index is 13.3. The summed E-state index contributed by atoms with van der Waals surface area (Å²) in [5.41, 5.74) is 1.13. The number of nitro groups is 1. The van der Waals surface area contributed by atoms with Crippen molar-refractivity contribution in [1.29, 1.82) is 0 Å². The standard InChI is InChI=1S/C28H22ClN3O7/c1-3-7-18-12-17(14-24(38-2)25(18)39-16-19-8-4-5-11-23(19)29)13-22-26(33)30-28(35)31(27(22)34)20-9-6-10-21(15-20)32(36)37/h3-6,8-15H,1,7,16H2,2H3,(H,30,33,35)/b22-13+. The van der Waals surface area contributed by atoms with Gasteiger partial charge in [0.25, 0.3) is 17.5 Å². The van der Waals surface area contributed by atoms with Gasteiger partial charge in [-0.1, -0.05) is 41.9 Å². The van der Waals surface area contributed by atoms with Crippen LogP contribution in [0, 0.1) is 10.1 Å². The summed E-state index contributed by atoms with van der Waals surface area (Å²) in [5.74, 6) is -1.07. The number of hydrogen-bond acceptors (Lipinski definition) is 7. The normalized spacial score (nSPS) is 14.3. The van der Waals surface area contributed by atoms with Crippen LogP contribution in [-0.4, -0.2) is 29.9 Å². The highest BCUT2D eigenvalue weighted by Gasteiger charge is 2.37. The van der Waals surface area contributed by atoms with E-state index in [-0.39, 0.29) is 23.6 Å². The topological polar surface area (TPSA) is 128 Å². The van der Waals surface area contributed by atoms with Gasteiger partial charge in [0.05, 0.1) is 17.7 Å². The third kappa shape index (κ3) is 5.81. The van der Waals surface area contributed by atoms with E-state index in [1.807, 2.05) is 18.2 Å². The van der Waals surface area contributed by atoms with Crippen molar-refractivity contribution in [2.45, 2.75) is 13.0 Å². The number of carbonyl (C=O) groups excluding carboxylic acids is 3. The van der Waals surface area contributed by atoms with Gasteiger partial charge in [0.2, 0.25) is 0 Å². The summed E-state index contributed by atoms with van der Waals surface area (Å²) in [5, 5.41) is 13.8. The van der Waals surface area contributed by atoms with Crippen LogP contribution in [-0.2, 0) is 22.6 Å². The molecule has 0 spiro atoms. The molecule has 4 amide bonds. The third-order valence-corrected chi connectivity index (χ3v) is 6.15. The number of nitro benzene ring substituents is 1. The molecule has 1 aliphatic heterocycles. The van der Waals surface area contributed by atoms with Crippen molar-refractivity contribution in [2.24, 2.45) is 0 Å². The van der Waals surface area contributed by atoms with Crippen LogP contribution in [0.15, 0.2) is 78.9 Å². The fourth-order valence-electron chi connectivity index (χ4n) is 3.96. The van der Waals surface area contributed by atoms with E-state index in [2.05, 4.69) is 11.9 Å². The van der Waals surface area contributed by atoms with Crippen molar-refractivity contribution >= 4 is 46.9 Å². The minimum absolute atomic E-state index is 0.0571. The molecule has 1 N–H and O–H groups in total. The number of hydrogen-bond donors (Lipinski definition) is 1. The number of ether oxygens (including phenoxy) is 2. The zero-order chi connectivity index (χ0) is 28.1. The van der Waals surface area contributed by atoms with Gasteiger partial charge in [-0.2, -0.15) is 0 Å². The molecule has 0 bridgehead atoms. The largest absolute Gasteiger partial charge is 0.493 e. The van der Waals surface area contributed by atoms with E-state index in [0.717, 1.165) is 11.6 Å². The maximum Gasteiger partial charge on any atom is 0.335 e. The summed E-state index contributed by atoms with van der Waals surface area (Å²) in [7, 11) is 1.45. The molecule has 0 atom stereocenters. The average Bonchev–Trinajstić information content (AvgIpc) is 2.91. The van der Waals surface area contributed by atoms with Gasteiger partial charge in [0.15, 0.2) is 11.5 Å². The molecule has 1 heterocycles. The lowest BCUT2D eigenvalue weighted by Crippen LogP contribution is -2.54. The summed E-state index contributed by atoms with van der Waals surface area (Å²) < 4.78 is 11.6. The number of nitrogens with zero attached hydrogens (tertiary/aromatic N) is 2. The van der Waals surface area contributed by atoms with Crippen LogP contribution in [0.5, 0.6) is 11.5 Å². The number of halogens is 1. The number of methoxy groups -OCH3 is 1. The van der Waals surface area contributed by atoms with Gasteiger partial charge in [0.1, 0.15) is 12.2 Å². The number of amides is 4. The second-order valence-corrected chi connectivity index (χ2v) is 8.73. The van der Waals surface area contributed by atoms with Crippen molar-refractivity contribution < 1.29 is 28.8 Å². The van der Waals surface area contributed by atoms with Crippen LogP contribution in [0.4, 0.5) is 16.2 Å². The molecule has 0 aromatic heterocycles. The number of nitrogens with one attached hydrogen (secondary N) is 1. The Morgan fingerprint density at radius 1 is 1.08 bits per heavy atom. The number of imide groups is 2. The molecule has 10 nitrogen and oxygen atoms in total. The first-order valence-electron chi connectivity index (χ1n) is 11.6. The summed E-state index contributed by atoms with van der Waals surface area (Å²) in [6.07, 6.45) is 3.35. The number of urea groups is 1. The molecule has 0 radical (unpaired) electrons. The Labute approximate surface area is 228 Å². The van der Waals surface area contributed by atoms with Crippen LogP contribution in [0.2, 0.25) is 5.02 Å². The Kier molecular flexibility index (Phi) is 8.07. The minimum atomic E-state index is -1.02. The van der Waals surface area contributed by atoms with E-state index < -0.39 is 22.8 Å². The minimum Gasteiger partial charge on any atom is -0.493 e. The van der Waals surface area contributed by atoms with Crippen LogP contribution in [0.25, 0.3) is 6.08 Å². The number of anilines is 1. The zero-order valence-electron chi connectivity index (χ0n) is 20.7. The fourth-order valence-corrected chi connectivity index (χ4v) is 4.15. The van der Waals surface area contributed by atoms with E-state index in [1.54, 1.807) is 24.3 Å². The Morgan fingerprint density at radius 2 is 1.85 bits per heavy atom. The molecule has 3 aromatic carbocycles. The predicted molar refractivity (Wildman–Crippen MR) is 145 cm³/mol. The lowest BCUT2D eigenvalue weighted by Gasteiger charge is -2.26. The molecule has 0 unspecified atom stereocenters. The molecule has 4 rings (SSSR count). The van der Waals surface area contributed by atoms with Crippen molar-refractivity contribution in [3.63, 3.8) is 0 Å². The first-order chi connectivity index (χ1) is 18.7. The summed E-state index contributed by atoms with van der Waals surface area (Å²) in [4.78, 5) is 49.6. The second-order valence-electron chi connectivity index (χ2n) is 8.32. The maximum absolute atomic E-state index is 13.3. The smallest absolute Gasteiger partial charge is 0.335 e. The average molecular weight is 548 g/mol. The summed E-state index contributed by atoms with van der Waals surface area (Å²) in [6, 6.07) is 14.5. The molecule has 198 valence electrons. The van der Waals surface area contributed by atoms with Crippen molar-refractivity contribution in [2.75, 3.05) is 12.0 Å². The van der Waals surface area contributed by atoms with Crippen molar-refractivity contribution in [1.82, 2.24) is 5.32 Å². The van der Waals surface area contributed by atoms with Crippen molar-refractivity contribution in [3.05, 3.63) is 111 Å². The highest BCUT2D eigenvalue weighted by atomic mass is 35.5. The quantitative estimate of drug-likeness (QED) is 0.128. The first-order valence-corrected chi connectivity index (χ1v) is 11.9.